The SMILES string of the molecule is COc1c(C)c(C)c2c(c1C)C(c1ccc(C=O)cc1)C(C)(C)O2. The number of carbonyl (C=O) groups is 1. The third-order valence-corrected chi connectivity index (χ3v) is 5.19. The molecular weight excluding hydrogens is 300 g/mol. The van der Waals surface area contributed by atoms with Crippen molar-refractivity contribution in [3.8, 4) is 11.5 Å². The fourth-order valence-electron chi connectivity index (χ4n) is 3.91. The zero-order valence-electron chi connectivity index (χ0n) is 15.2. The molecule has 1 atom stereocenters. The lowest BCUT2D eigenvalue weighted by molar-refractivity contribution is 0.112. The molecule has 24 heavy (non-hydrogen) atoms. The summed E-state index contributed by atoms with van der Waals surface area (Å²) in [6.45, 7) is 10.5. The molecule has 0 aliphatic carbocycles. The van der Waals surface area contributed by atoms with Crippen LogP contribution in [0.5, 0.6) is 11.5 Å². The van der Waals surface area contributed by atoms with Crippen molar-refractivity contribution in [1.82, 2.24) is 0 Å². The number of benzene rings is 2. The van der Waals surface area contributed by atoms with Crippen molar-refractivity contribution in [2.75, 3.05) is 7.11 Å². The molecule has 0 saturated carbocycles. The first-order valence-corrected chi connectivity index (χ1v) is 8.23. The van der Waals surface area contributed by atoms with Crippen LogP contribution in [0.3, 0.4) is 0 Å². The summed E-state index contributed by atoms with van der Waals surface area (Å²) in [4.78, 5) is 10.9. The Bertz CT molecular complexity index is 801. The summed E-state index contributed by atoms with van der Waals surface area (Å²) >= 11 is 0. The quantitative estimate of drug-likeness (QED) is 0.765. The maximum absolute atomic E-state index is 10.9. The first-order valence-electron chi connectivity index (χ1n) is 8.23. The van der Waals surface area contributed by atoms with Crippen molar-refractivity contribution in [3.05, 3.63) is 57.6 Å². The zero-order chi connectivity index (χ0) is 17.6. The first-order chi connectivity index (χ1) is 11.3. The molecule has 1 unspecified atom stereocenters. The molecule has 0 fully saturated rings. The molecule has 0 aromatic heterocycles. The number of hydrogen-bond acceptors (Lipinski definition) is 3. The summed E-state index contributed by atoms with van der Waals surface area (Å²) in [6.07, 6.45) is 0.871. The topological polar surface area (TPSA) is 35.5 Å². The Morgan fingerprint density at radius 2 is 1.67 bits per heavy atom. The summed E-state index contributed by atoms with van der Waals surface area (Å²) in [5.74, 6) is 2.00. The third-order valence-electron chi connectivity index (χ3n) is 5.19. The molecule has 0 N–H and O–H groups in total. The van der Waals surface area contributed by atoms with Crippen LogP contribution in [0.2, 0.25) is 0 Å². The largest absolute Gasteiger partial charge is 0.496 e. The fraction of sp³-hybridized carbons (Fsp3) is 0.381. The van der Waals surface area contributed by atoms with Crippen molar-refractivity contribution < 1.29 is 14.3 Å². The highest BCUT2D eigenvalue weighted by atomic mass is 16.5. The number of aldehydes is 1. The molecule has 1 heterocycles. The zero-order valence-corrected chi connectivity index (χ0v) is 15.2. The van der Waals surface area contributed by atoms with E-state index in [1.165, 1.54) is 5.56 Å². The van der Waals surface area contributed by atoms with Crippen LogP contribution in [-0.4, -0.2) is 19.0 Å². The van der Waals surface area contributed by atoms with Crippen LogP contribution in [0, 0.1) is 20.8 Å². The van der Waals surface area contributed by atoms with E-state index >= 15 is 0 Å². The van der Waals surface area contributed by atoms with Crippen molar-refractivity contribution in [2.24, 2.45) is 0 Å². The van der Waals surface area contributed by atoms with E-state index in [9.17, 15) is 4.79 Å². The molecule has 0 radical (unpaired) electrons. The number of hydrogen-bond donors (Lipinski definition) is 0. The lowest BCUT2D eigenvalue weighted by Gasteiger charge is -2.27. The van der Waals surface area contributed by atoms with Gasteiger partial charge in [-0.05, 0) is 56.9 Å². The van der Waals surface area contributed by atoms with Gasteiger partial charge in [0.2, 0.25) is 0 Å². The molecule has 3 nitrogen and oxygen atoms in total. The van der Waals surface area contributed by atoms with E-state index in [0.29, 0.717) is 5.56 Å². The normalized spacial score (nSPS) is 18.0. The Morgan fingerprint density at radius 3 is 2.21 bits per heavy atom. The third kappa shape index (κ3) is 2.31. The van der Waals surface area contributed by atoms with Gasteiger partial charge >= 0.3 is 0 Å². The summed E-state index contributed by atoms with van der Waals surface area (Å²) in [6, 6.07) is 7.78. The van der Waals surface area contributed by atoms with E-state index in [2.05, 4.69) is 34.6 Å². The lowest BCUT2D eigenvalue weighted by atomic mass is 9.78. The van der Waals surface area contributed by atoms with Gasteiger partial charge in [-0.15, -0.1) is 0 Å². The molecule has 0 saturated heterocycles. The number of rotatable bonds is 3. The van der Waals surface area contributed by atoms with Crippen LogP contribution < -0.4 is 9.47 Å². The van der Waals surface area contributed by atoms with Crippen molar-refractivity contribution in [3.63, 3.8) is 0 Å². The number of carbonyl (C=O) groups excluding carboxylic acids is 1. The fourth-order valence-corrected chi connectivity index (χ4v) is 3.91. The van der Waals surface area contributed by atoms with Gasteiger partial charge in [0.25, 0.3) is 0 Å². The van der Waals surface area contributed by atoms with Crippen molar-refractivity contribution >= 4 is 6.29 Å². The number of methoxy groups -OCH3 is 1. The van der Waals surface area contributed by atoms with Gasteiger partial charge in [0.15, 0.2) is 0 Å². The second kappa shape index (κ2) is 5.66. The monoisotopic (exact) mass is 324 g/mol. The van der Waals surface area contributed by atoms with Crippen LogP contribution in [-0.2, 0) is 0 Å². The van der Waals surface area contributed by atoms with E-state index < -0.39 is 0 Å². The predicted molar refractivity (Wildman–Crippen MR) is 95.6 cm³/mol. The highest BCUT2D eigenvalue weighted by Crippen LogP contribution is 2.53. The van der Waals surface area contributed by atoms with Crippen LogP contribution in [0.15, 0.2) is 24.3 Å². The van der Waals surface area contributed by atoms with Crippen molar-refractivity contribution in [2.45, 2.75) is 46.1 Å². The molecule has 2 aromatic rings. The van der Waals surface area contributed by atoms with Crippen LogP contribution >= 0.6 is 0 Å². The Kier molecular flexibility index (Phi) is 3.90. The van der Waals surface area contributed by atoms with Gasteiger partial charge in [-0.25, -0.2) is 0 Å². The second-order valence-electron chi connectivity index (χ2n) is 7.07. The van der Waals surface area contributed by atoms with E-state index in [1.807, 2.05) is 24.3 Å². The van der Waals surface area contributed by atoms with E-state index in [1.54, 1.807) is 7.11 Å². The Morgan fingerprint density at radius 1 is 1.04 bits per heavy atom. The first kappa shape index (κ1) is 16.6. The maximum atomic E-state index is 10.9. The molecular formula is C21H24O3. The minimum atomic E-state index is -0.362. The molecule has 2 aromatic carbocycles. The molecule has 0 spiro atoms. The predicted octanol–water partition coefficient (Wildman–Crippen LogP) is 4.74. The molecule has 3 rings (SSSR count). The van der Waals surface area contributed by atoms with Crippen LogP contribution in [0.1, 0.15) is 57.9 Å². The number of ether oxygens (including phenoxy) is 2. The average Bonchev–Trinajstić information content (AvgIpc) is 2.85. The van der Waals surface area contributed by atoms with Gasteiger partial charge in [0.1, 0.15) is 23.4 Å². The molecule has 126 valence electrons. The highest BCUT2D eigenvalue weighted by molar-refractivity contribution is 5.75. The van der Waals surface area contributed by atoms with Gasteiger partial charge in [0.05, 0.1) is 13.0 Å². The van der Waals surface area contributed by atoms with Crippen LogP contribution in [0.4, 0.5) is 0 Å². The Labute approximate surface area is 143 Å². The smallest absolute Gasteiger partial charge is 0.150 e. The van der Waals surface area contributed by atoms with Gasteiger partial charge in [-0.1, -0.05) is 24.3 Å². The summed E-state index contributed by atoms with van der Waals surface area (Å²) in [5.41, 5.74) is 6.06. The molecule has 1 aliphatic heterocycles. The minimum absolute atomic E-state index is 0.0985. The standard InChI is InChI=1S/C21H24O3/c1-12-13(2)20-17(14(3)19(12)23-6)18(21(4,5)24-20)16-9-7-15(11-22)8-10-16/h7-11,18H,1-6H3. The van der Waals surface area contributed by atoms with Crippen LogP contribution in [0.25, 0.3) is 0 Å². The van der Waals surface area contributed by atoms with E-state index in [-0.39, 0.29) is 11.5 Å². The molecule has 0 bridgehead atoms. The Hall–Kier alpha value is -2.29. The number of fused-ring (bicyclic) bond motifs is 1. The maximum Gasteiger partial charge on any atom is 0.150 e. The minimum Gasteiger partial charge on any atom is -0.496 e. The molecule has 1 aliphatic rings. The second-order valence-corrected chi connectivity index (χ2v) is 7.07. The Balaban J connectivity index is 2.25. The van der Waals surface area contributed by atoms with Gasteiger partial charge in [-0.3, -0.25) is 4.79 Å². The summed E-state index contributed by atoms with van der Waals surface area (Å²) in [5, 5.41) is 0. The van der Waals surface area contributed by atoms with Gasteiger partial charge in [0, 0.05) is 11.1 Å². The highest BCUT2D eigenvalue weighted by Gasteiger charge is 2.45. The summed E-state index contributed by atoms with van der Waals surface area (Å²) < 4.78 is 12.1. The van der Waals surface area contributed by atoms with Gasteiger partial charge < -0.3 is 9.47 Å². The molecule has 0 amide bonds. The molecule has 3 heteroatoms. The summed E-state index contributed by atoms with van der Waals surface area (Å²) in [7, 11) is 1.72. The lowest BCUT2D eigenvalue weighted by Crippen LogP contribution is -2.31. The van der Waals surface area contributed by atoms with E-state index in [4.69, 9.17) is 9.47 Å². The van der Waals surface area contributed by atoms with E-state index in [0.717, 1.165) is 40.0 Å². The van der Waals surface area contributed by atoms with Gasteiger partial charge in [-0.2, -0.15) is 0 Å². The van der Waals surface area contributed by atoms with Crippen molar-refractivity contribution in [1.29, 1.82) is 0 Å². The average molecular weight is 324 g/mol.